The van der Waals surface area contributed by atoms with Gasteiger partial charge in [-0.05, 0) is 91.5 Å². The molecule has 24 nitrogen and oxygen atoms in total. The van der Waals surface area contributed by atoms with Crippen LogP contribution in [0.2, 0.25) is 0 Å². The van der Waals surface area contributed by atoms with Crippen LogP contribution in [-0.2, 0) is 52.7 Å². The first kappa shape index (κ1) is 54.2. The zero-order valence-electron chi connectivity index (χ0n) is 37.4. The van der Waals surface area contributed by atoms with Crippen LogP contribution in [0, 0.1) is 5.92 Å². The van der Waals surface area contributed by atoms with E-state index < -0.39 is 132 Å². The van der Waals surface area contributed by atoms with Gasteiger partial charge in [0.25, 0.3) is 0 Å². The molecule has 2 rings (SSSR count). The van der Waals surface area contributed by atoms with Crippen molar-refractivity contribution in [2.45, 2.75) is 154 Å². The number of nitrogens with zero attached hydrogens (tertiary/aromatic N) is 2. The maximum absolute atomic E-state index is 14.0. The highest BCUT2D eigenvalue weighted by atomic mass is 16.4. The van der Waals surface area contributed by atoms with Gasteiger partial charge in [0.05, 0.1) is 19.0 Å². The number of hydrogen-bond acceptors (Lipinski definition) is 13. The summed E-state index contributed by atoms with van der Waals surface area (Å²) in [5.41, 5.74) is 11.1. The fourth-order valence-electron chi connectivity index (χ4n) is 7.13. The quantitative estimate of drug-likeness (QED) is 0.0391. The minimum atomic E-state index is -1.65. The van der Waals surface area contributed by atoms with Gasteiger partial charge in [-0.15, -0.1) is 0 Å². The Morgan fingerprint density at radius 1 is 0.625 bits per heavy atom. The van der Waals surface area contributed by atoms with Gasteiger partial charge in [0.15, 0.2) is 0 Å². The van der Waals surface area contributed by atoms with E-state index in [4.69, 9.17) is 11.5 Å². The van der Waals surface area contributed by atoms with Gasteiger partial charge in [0.2, 0.25) is 53.2 Å². The number of likely N-dealkylation sites (tertiary alicyclic amines) is 2. The third-order valence-corrected chi connectivity index (χ3v) is 10.7. The summed E-state index contributed by atoms with van der Waals surface area (Å²) in [6.07, 6.45) is 2.06. The van der Waals surface area contributed by atoms with E-state index in [0.717, 1.165) is 0 Å². The summed E-state index contributed by atoms with van der Waals surface area (Å²) in [5, 5.41) is 35.6. The molecule has 2 fully saturated rings. The van der Waals surface area contributed by atoms with E-state index in [1.807, 2.05) is 13.8 Å². The van der Waals surface area contributed by atoms with Crippen LogP contribution in [0.1, 0.15) is 99.3 Å². The summed E-state index contributed by atoms with van der Waals surface area (Å²) >= 11 is 0. The number of rotatable bonds is 25. The van der Waals surface area contributed by atoms with Crippen molar-refractivity contribution in [2.24, 2.45) is 17.4 Å². The van der Waals surface area contributed by atoms with Crippen molar-refractivity contribution in [1.29, 1.82) is 0 Å². The molecule has 2 saturated heterocycles. The Morgan fingerprint density at radius 3 is 1.73 bits per heavy atom. The Labute approximate surface area is 371 Å². The molecule has 0 radical (unpaired) electrons. The van der Waals surface area contributed by atoms with E-state index in [1.54, 1.807) is 0 Å². The van der Waals surface area contributed by atoms with Crippen LogP contribution in [0.15, 0.2) is 0 Å². The minimum absolute atomic E-state index is 0.0108. The fraction of sp³-hybridized carbons (Fsp3) is 0.725. The lowest BCUT2D eigenvalue weighted by atomic mass is 10.0. The highest BCUT2D eigenvalue weighted by Gasteiger charge is 2.44. The van der Waals surface area contributed by atoms with Crippen molar-refractivity contribution in [2.75, 3.05) is 26.2 Å². The van der Waals surface area contributed by atoms with Gasteiger partial charge >= 0.3 is 11.9 Å². The van der Waals surface area contributed by atoms with Gasteiger partial charge in [-0.1, -0.05) is 13.8 Å². The molecular weight excluding hydrogens is 843 g/mol. The molecule has 24 heteroatoms. The zero-order chi connectivity index (χ0) is 48.4. The average Bonchev–Trinajstić information content (AvgIpc) is 3.92. The number of nitrogens with two attached hydrogens (primary N) is 2. The molecule has 0 aromatic heterocycles. The number of carboxylic acid groups (broad SMARTS) is 2. The second kappa shape index (κ2) is 26.0. The second-order valence-electron chi connectivity index (χ2n) is 16.7. The Morgan fingerprint density at radius 2 is 1.17 bits per heavy atom. The molecule has 0 saturated carbocycles. The van der Waals surface area contributed by atoms with Crippen molar-refractivity contribution in [3.8, 4) is 0 Å². The lowest BCUT2D eigenvalue weighted by Crippen LogP contribution is -2.58. The summed E-state index contributed by atoms with van der Waals surface area (Å²) in [4.78, 5) is 144. The van der Waals surface area contributed by atoms with Crippen molar-refractivity contribution in [3.05, 3.63) is 0 Å². The Balaban J connectivity index is 2.03. The molecule has 0 bridgehead atoms. The monoisotopic (exact) mass is 909 g/mol. The molecule has 0 aromatic rings. The summed E-state index contributed by atoms with van der Waals surface area (Å²) < 4.78 is 0. The number of carbonyl (C=O) groups is 11. The standard InChI is InChI=1S/C40H67N11O13/c1-20(2)17-27(40(63)64)49-37(60)28-12-9-15-50(28)39(62)29-13-10-16-51(29)38(61)25(11-7-8-14-41)47-30(52)19-43-33(56)22(4)45-34(57)23(5)46-36(59)26(18-31(53)54)48-35(58)24(6)44-32(55)21(3)42/h20-29H,7-19,41-42H2,1-6H3,(H,43,56)(H,44,55)(H,45,57)(H,46,59)(H,47,52)(H,48,58)(H,49,60)(H,53,54)(H,63,64)/t21-,22-,23-,24-,25-,26-,27-,28-,29-/m0/s1. The summed E-state index contributed by atoms with van der Waals surface area (Å²) in [5.74, 6) is -9.29. The lowest BCUT2D eigenvalue weighted by Gasteiger charge is -2.33. The largest absolute Gasteiger partial charge is 0.481 e. The van der Waals surface area contributed by atoms with Gasteiger partial charge in [-0.3, -0.25) is 47.9 Å². The lowest BCUT2D eigenvalue weighted by molar-refractivity contribution is -0.149. The molecule has 0 spiro atoms. The summed E-state index contributed by atoms with van der Waals surface area (Å²) in [7, 11) is 0. The van der Waals surface area contributed by atoms with E-state index in [1.165, 1.54) is 37.5 Å². The van der Waals surface area contributed by atoms with Crippen LogP contribution in [0.25, 0.3) is 0 Å². The van der Waals surface area contributed by atoms with E-state index in [9.17, 15) is 63.0 Å². The van der Waals surface area contributed by atoms with Crippen LogP contribution in [0.4, 0.5) is 0 Å². The van der Waals surface area contributed by atoms with E-state index in [2.05, 4.69) is 37.2 Å². The topological polar surface area (TPSA) is 371 Å². The normalized spacial score (nSPS) is 19.1. The van der Waals surface area contributed by atoms with Crippen molar-refractivity contribution < 1.29 is 63.0 Å². The second-order valence-corrected chi connectivity index (χ2v) is 16.7. The maximum Gasteiger partial charge on any atom is 0.326 e. The number of carbonyl (C=O) groups excluding carboxylic acids is 9. The third-order valence-electron chi connectivity index (χ3n) is 10.7. The van der Waals surface area contributed by atoms with Crippen LogP contribution in [0.3, 0.4) is 0 Å². The number of unbranched alkanes of at least 4 members (excludes halogenated alkanes) is 1. The summed E-state index contributed by atoms with van der Waals surface area (Å²) in [6.45, 7) is 9.00. The Bertz CT molecular complexity index is 1730. The van der Waals surface area contributed by atoms with Crippen molar-refractivity contribution >= 4 is 65.1 Å². The van der Waals surface area contributed by atoms with E-state index in [-0.39, 0.29) is 31.8 Å². The SMILES string of the molecule is CC(C)C[C@H](NC(=O)[C@@H]1CCCN1C(=O)[C@@H]1CCCN1C(=O)[C@H](CCCCN)NC(=O)CNC(=O)[C@H](C)NC(=O)[C@H](C)NC(=O)[C@H](CC(=O)O)NC(=O)[C@H](C)NC(=O)[C@H](C)N)C(=O)O. The van der Waals surface area contributed by atoms with Gasteiger partial charge in [-0.25, -0.2) is 4.79 Å². The van der Waals surface area contributed by atoms with Crippen molar-refractivity contribution in [3.63, 3.8) is 0 Å². The molecule has 0 unspecified atom stereocenters. The smallest absolute Gasteiger partial charge is 0.326 e. The van der Waals surface area contributed by atoms with E-state index in [0.29, 0.717) is 45.1 Å². The molecule has 0 aromatic carbocycles. The fourth-order valence-corrected chi connectivity index (χ4v) is 7.13. The Kier molecular flexibility index (Phi) is 22.0. The first-order valence-electron chi connectivity index (χ1n) is 21.6. The molecule has 9 atom stereocenters. The summed E-state index contributed by atoms with van der Waals surface area (Å²) in [6, 6.07) is -10.5. The zero-order valence-corrected chi connectivity index (χ0v) is 37.4. The predicted molar refractivity (Wildman–Crippen MR) is 227 cm³/mol. The van der Waals surface area contributed by atoms with Crippen LogP contribution in [0.5, 0.6) is 0 Å². The highest BCUT2D eigenvalue weighted by molar-refractivity contribution is 5.98. The molecular formula is C40H67N11O13. The molecule has 0 aliphatic carbocycles. The van der Waals surface area contributed by atoms with Crippen LogP contribution in [-0.4, -0.2) is 166 Å². The molecule has 2 aliphatic rings. The predicted octanol–water partition coefficient (Wildman–Crippen LogP) is -3.87. The number of hydrogen-bond donors (Lipinski definition) is 11. The third kappa shape index (κ3) is 17.0. The van der Waals surface area contributed by atoms with Crippen LogP contribution < -0.4 is 48.7 Å². The molecule has 9 amide bonds. The highest BCUT2D eigenvalue weighted by Crippen LogP contribution is 2.26. The first-order valence-corrected chi connectivity index (χ1v) is 21.6. The average molecular weight is 910 g/mol. The van der Waals surface area contributed by atoms with Gasteiger partial charge in [0.1, 0.15) is 48.3 Å². The maximum atomic E-state index is 14.0. The van der Waals surface area contributed by atoms with E-state index >= 15 is 0 Å². The molecule has 2 aliphatic heterocycles. The minimum Gasteiger partial charge on any atom is -0.481 e. The van der Waals surface area contributed by atoms with Gasteiger partial charge in [-0.2, -0.15) is 0 Å². The number of amides is 9. The van der Waals surface area contributed by atoms with Crippen LogP contribution >= 0.6 is 0 Å². The molecule has 13 N–H and O–H groups in total. The number of aliphatic carboxylic acids is 2. The number of nitrogens with one attached hydrogen (secondary N) is 7. The van der Waals surface area contributed by atoms with Crippen molar-refractivity contribution in [1.82, 2.24) is 47.0 Å². The molecule has 360 valence electrons. The molecule has 2 heterocycles. The molecule has 64 heavy (non-hydrogen) atoms. The first-order chi connectivity index (χ1) is 30.0. The van der Waals surface area contributed by atoms with Gasteiger partial charge < -0.3 is 68.7 Å². The Hall–Kier alpha value is -5.91. The number of carboxylic acids is 2. The van der Waals surface area contributed by atoms with Gasteiger partial charge in [0, 0.05) is 13.1 Å².